The van der Waals surface area contributed by atoms with E-state index in [9.17, 15) is 9.59 Å². The van der Waals surface area contributed by atoms with Crippen molar-refractivity contribution in [2.24, 2.45) is 5.92 Å². The van der Waals surface area contributed by atoms with Crippen LogP contribution in [0.15, 0.2) is 30.3 Å². The van der Waals surface area contributed by atoms with Crippen molar-refractivity contribution in [3.8, 4) is 6.07 Å². The number of carbonyl (C=O) groups excluding carboxylic acids is 2. The van der Waals surface area contributed by atoms with E-state index in [2.05, 4.69) is 0 Å². The van der Waals surface area contributed by atoms with Crippen LogP contribution in [0, 0.1) is 17.2 Å². The fourth-order valence-electron chi connectivity index (χ4n) is 1.75. The first-order valence-corrected chi connectivity index (χ1v) is 5.58. The second-order valence-electron chi connectivity index (χ2n) is 4.07. The molecule has 1 aliphatic heterocycles. The van der Waals surface area contributed by atoms with Gasteiger partial charge in [-0.3, -0.25) is 9.69 Å². The highest BCUT2D eigenvalue weighted by Crippen LogP contribution is 2.13. The fourth-order valence-corrected chi connectivity index (χ4v) is 1.75. The normalized spacial score (nSPS) is 18.5. The van der Waals surface area contributed by atoms with Crippen molar-refractivity contribution in [2.75, 3.05) is 13.1 Å². The Morgan fingerprint density at radius 1 is 1.44 bits per heavy atom. The average molecular weight is 244 g/mol. The number of likely N-dealkylation sites (tertiary alicyclic amines) is 1. The number of nitriles is 1. The summed E-state index contributed by atoms with van der Waals surface area (Å²) < 4.78 is 5.08. The number of ether oxygens (including phenoxy) is 1. The van der Waals surface area contributed by atoms with Crippen molar-refractivity contribution < 1.29 is 14.3 Å². The van der Waals surface area contributed by atoms with Crippen molar-refractivity contribution in [3.05, 3.63) is 35.9 Å². The van der Waals surface area contributed by atoms with Crippen LogP contribution in [0.2, 0.25) is 0 Å². The largest absolute Gasteiger partial charge is 0.445 e. The molecule has 1 aliphatic rings. The number of ketones is 1. The maximum atomic E-state index is 11.7. The van der Waals surface area contributed by atoms with Crippen LogP contribution in [0.1, 0.15) is 5.56 Å². The first-order chi connectivity index (χ1) is 8.70. The Kier molecular flexibility index (Phi) is 3.58. The van der Waals surface area contributed by atoms with Crippen LogP contribution < -0.4 is 0 Å². The first kappa shape index (κ1) is 12.1. The zero-order valence-corrected chi connectivity index (χ0v) is 9.70. The standard InChI is InChI=1S/C13H12N2O3/c14-6-11-7-15(8-12(11)16)13(17)18-9-10-4-2-1-3-5-10/h1-5,11H,7-9H2/t11-/m0/s1. The lowest BCUT2D eigenvalue weighted by atomic mass is 10.1. The minimum absolute atomic E-state index is 0.0359. The number of amides is 1. The van der Waals surface area contributed by atoms with Gasteiger partial charge in [-0.05, 0) is 5.56 Å². The Bertz CT molecular complexity index is 493. The molecule has 5 nitrogen and oxygen atoms in total. The molecule has 0 unspecified atom stereocenters. The Morgan fingerprint density at radius 2 is 2.17 bits per heavy atom. The lowest BCUT2D eigenvalue weighted by Crippen LogP contribution is -2.29. The predicted octanol–water partition coefficient (Wildman–Crippen LogP) is 1.35. The van der Waals surface area contributed by atoms with Crippen molar-refractivity contribution >= 4 is 11.9 Å². The maximum absolute atomic E-state index is 11.7. The van der Waals surface area contributed by atoms with E-state index in [4.69, 9.17) is 10.00 Å². The van der Waals surface area contributed by atoms with Crippen molar-refractivity contribution in [1.82, 2.24) is 4.90 Å². The molecule has 5 heteroatoms. The Morgan fingerprint density at radius 3 is 2.78 bits per heavy atom. The average Bonchev–Trinajstić information content (AvgIpc) is 2.78. The summed E-state index contributed by atoms with van der Waals surface area (Å²) in [6, 6.07) is 11.2. The van der Waals surface area contributed by atoms with Crippen LogP contribution in [0.25, 0.3) is 0 Å². The highest BCUT2D eigenvalue weighted by atomic mass is 16.6. The molecule has 0 radical (unpaired) electrons. The second-order valence-corrected chi connectivity index (χ2v) is 4.07. The quantitative estimate of drug-likeness (QED) is 0.787. The van der Waals surface area contributed by atoms with E-state index in [0.717, 1.165) is 5.56 Å². The molecule has 92 valence electrons. The van der Waals surface area contributed by atoms with Crippen LogP contribution in [0.4, 0.5) is 4.79 Å². The van der Waals surface area contributed by atoms with Crippen molar-refractivity contribution in [3.63, 3.8) is 0 Å². The molecule has 1 aromatic rings. The van der Waals surface area contributed by atoms with Gasteiger partial charge in [0, 0.05) is 6.54 Å². The molecule has 0 saturated carbocycles. The third-order valence-electron chi connectivity index (χ3n) is 2.76. The monoisotopic (exact) mass is 244 g/mol. The van der Waals surface area contributed by atoms with Gasteiger partial charge in [-0.2, -0.15) is 5.26 Å². The summed E-state index contributed by atoms with van der Waals surface area (Å²) in [5, 5.41) is 8.69. The summed E-state index contributed by atoms with van der Waals surface area (Å²) in [5.74, 6) is -0.941. The topological polar surface area (TPSA) is 70.4 Å². The number of carbonyl (C=O) groups is 2. The van der Waals surface area contributed by atoms with Crippen molar-refractivity contribution in [1.29, 1.82) is 5.26 Å². The molecule has 1 saturated heterocycles. The Hall–Kier alpha value is -2.35. The molecule has 0 bridgehead atoms. The number of benzene rings is 1. The van der Waals surface area contributed by atoms with E-state index < -0.39 is 12.0 Å². The van der Waals surface area contributed by atoms with Gasteiger partial charge in [0.1, 0.15) is 12.5 Å². The van der Waals surface area contributed by atoms with Crippen LogP contribution in [0.5, 0.6) is 0 Å². The Balaban J connectivity index is 1.87. The lowest BCUT2D eigenvalue weighted by Gasteiger charge is -2.14. The third-order valence-corrected chi connectivity index (χ3v) is 2.76. The van der Waals surface area contributed by atoms with Gasteiger partial charge in [-0.25, -0.2) is 4.79 Å². The molecule has 1 fully saturated rings. The van der Waals surface area contributed by atoms with E-state index in [1.165, 1.54) is 4.90 Å². The van der Waals surface area contributed by atoms with Gasteiger partial charge in [0.05, 0.1) is 12.6 Å². The SMILES string of the molecule is N#C[C@H]1CN(C(=O)OCc2ccccc2)CC1=O. The van der Waals surface area contributed by atoms with Gasteiger partial charge in [0.2, 0.25) is 0 Å². The minimum atomic E-state index is -0.714. The number of hydrogen-bond donors (Lipinski definition) is 0. The molecular formula is C13H12N2O3. The molecule has 1 atom stereocenters. The summed E-state index contributed by atoms with van der Waals surface area (Å²) in [4.78, 5) is 24.3. The smallest absolute Gasteiger partial charge is 0.410 e. The number of Topliss-reactive ketones (excluding diaryl/α,β-unsaturated/α-hetero) is 1. The predicted molar refractivity (Wildman–Crippen MR) is 62.3 cm³/mol. The van der Waals surface area contributed by atoms with Crippen LogP contribution in [0.3, 0.4) is 0 Å². The zero-order valence-electron chi connectivity index (χ0n) is 9.70. The van der Waals surface area contributed by atoms with Gasteiger partial charge >= 0.3 is 6.09 Å². The summed E-state index contributed by atoms with van der Waals surface area (Å²) in [7, 11) is 0. The van der Waals surface area contributed by atoms with Crippen molar-refractivity contribution in [2.45, 2.75) is 6.61 Å². The first-order valence-electron chi connectivity index (χ1n) is 5.58. The summed E-state index contributed by atoms with van der Waals surface area (Å²) in [6.07, 6.45) is -0.551. The number of nitrogens with zero attached hydrogens (tertiary/aromatic N) is 2. The van der Waals surface area contributed by atoms with Crippen LogP contribution in [-0.2, 0) is 16.1 Å². The molecule has 0 N–H and O–H groups in total. The molecule has 0 spiro atoms. The highest BCUT2D eigenvalue weighted by molar-refractivity contribution is 5.91. The molecule has 0 aromatic heterocycles. The maximum Gasteiger partial charge on any atom is 0.410 e. The van der Waals surface area contributed by atoms with Gasteiger partial charge in [0.25, 0.3) is 0 Å². The Labute approximate surface area is 105 Å². The van der Waals surface area contributed by atoms with Gasteiger partial charge in [-0.15, -0.1) is 0 Å². The molecular weight excluding hydrogens is 232 g/mol. The number of rotatable bonds is 2. The highest BCUT2D eigenvalue weighted by Gasteiger charge is 2.34. The van der Waals surface area contributed by atoms with E-state index in [0.29, 0.717) is 0 Å². The number of hydrogen-bond acceptors (Lipinski definition) is 4. The van der Waals surface area contributed by atoms with E-state index in [1.807, 2.05) is 36.4 Å². The summed E-state index contributed by atoms with van der Waals surface area (Å²) >= 11 is 0. The van der Waals surface area contributed by atoms with E-state index in [-0.39, 0.29) is 25.5 Å². The van der Waals surface area contributed by atoms with E-state index in [1.54, 1.807) is 0 Å². The summed E-state index contributed by atoms with van der Waals surface area (Å²) in [6.45, 7) is 0.260. The van der Waals surface area contributed by atoms with Crippen LogP contribution >= 0.6 is 0 Å². The molecule has 0 aliphatic carbocycles. The third kappa shape index (κ3) is 2.66. The van der Waals surface area contributed by atoms with Crippen LogP contribution in [-0.4, -0.2) is 29.9 Å². The molecule has 1 heterocycles. The molecule has 1 aromatic carbocycles. The molecule has 18 heavy (non-hydrogen) atoms. The molecule has 2 rings (SSSR count). The van der Waals surface area contributed by atoms with Gasteiger partial charge in [0.15, 0.2) is 5.78 Å². The lowest BCUT2D eigenvalue weighted by molar-refractivity contribution is -0.118. The molecule has 1 amide bonds. The minimum Gasteiger partial charge on any atom is -0.445 e. The second kappa shape index (κ2) is 5.32. The van der Waals surface area contributed by atoms with Gasteiger partial charge < -0.3 is 4.74 Å². The zero-order chi connectivity index (χ0) is 13.0. The summed E-state index contributed by atoms with van der Waals surface area (Å²) in [5.41, 5.74) is 0.883. The van der Waals surface area contributed by atoms with E-state index >= 15 is 0 Å². The van der Waals surface area contributed by atoms with Gasteiger partial charge in [-0.1, -0.05) is 30.3 Å². The fraction of sp³-hybridized carbons (Fsp3) is 0.308.